The molecule has 0 fully saturated rings. The molecule has 0 saturated carbocycles. The number of hydrogen-bond acceptors (Lipinski definition) is 4. The fourth-order valence-corrected chi connectivity index (χ4v) is 3.96. The Morgan fingerprint density at radius 2 is 2.00 bits per heavy atom. The molecule has 1 heterocycles. The number of carbonyl (C=O) groups is 1. The number of rotatable bonds is 6. The summed E-state index contributed by atoms with van der Waals surface area (Å²) in [5, 5.41) is 2.72. The molecular formula is C18H17BrFN3O3S. The monoisotopic (exact) mass is 453 g/mol. The molecule has 1 amide bonds. The Labute approximate surface area is 164 Å². The SMILES string of the molecule is CS(=O)(=O)Cc1nc2ccccc2n1CC(=O)NCc1cc(F)cc(Br)c1. The number of fused-ring (bicyclic) bond motifs is 1. The van der Waals surface area contributed by atoms with Crippen LogP contribution in [0.15, 0.2) is 46.9 Å². The number of para-hydroxylation sites is 2. The van der Waals surface area contributed by atoms with E-state index in [1.807, 2.05) is 0 Å². The van der Waals surface area contributed by atoms with Gasteiger partial charge in [0.2, 0.25) is 5.91 Å². The van der Waals surface area contributed by atoms with Gasteiger partial charge in [0.25, 0.3) is 0 Å². The van der Waals surface area contributed by atoms with E-state index in [0.29, 0.717) is 26.9 Å². The van der Waals surface area contributed by atoms with Crippen LogP contribution in [0.1, 0.15) is 11.4 Å². The lowest BCUT2D eigenvalue weighted by atomic mass is 10.2. The third kappa shape index (κ3) is 5.14. The molecule has 0 aliphatic carbocycles. The molecule has 0 atom stereocenters. The molecule has 3 rings (SSSR count). The van der Waals surface area contributed by atoms with Gasteiger partial charge in [-0.2, -0.15) is 0 Å². The lowest BCUT2D eigenvalue weighted by Gasteiger charge is -2.10. The van der Waals surface area contributed by atoms with Crippen LogP contribution in [-0.2, 0) is 33.5 Å². The van der Waals surface area contributed by atoms with E-state index in [1.54, 1.807) is 34.9 Å². The number of aromatic nitrogens is 2. The van der Waals surface area contributed by atoms with Gasteiger partial charge in [-0.05, 0) is 35.9 Å². The Morgan fingerprint density at radius 3 is 2.70 bits per heavy atom. The van der Waals surface area contributed by atoms with Gasteiger partial charge in [-0.15, -0.1) is 0 Å². The van der Waals surface area contributed by atoms with Crippen LogP contribution in [-0.4, -0.2) is 30.1 Å². The van der Waals surface area contributed by atoms with Crippen molar-refractivity contribution < 1.29 is 17.6 Å². The number of benzene rings is 2. The largest absolute Gasteiger partial charge is 0.350 e. The smallest absolute Gasteiger partial charge is 0.240 e. The Bertz CT molecular complexity index is 1090. The first-order chi connectivity index (χ1) is 12.7. The summed E-state index contributed by atoms with van der Waals surface area (Å²) >= 11 is 3.21. The number of nitrogens with one attached hydrogen (secondary N) is 1. The van der Waals surface area contributed by atoms with E-state index >= 15 is 0 Å². The summed E-state index contributed by atoms with van der Waals surface area (Å²) in [5.41, 5.74) is 1.92. The average molecular weight is 454 g/mol. The van der Waals surface area contributed by atoms with Crippen molar-refractivity contribution in [2.75, 3.05) is 6.26 Å². The second-order valence-corrected chi connectivity index (χ2v) is 9.28. The normalized spacial score (nSPS) is 11.7. The lowest BCUT2D eigenvalue weighted by Crippen LogP contribution is -2.28. The molecule has 27 heavy (non-hydrogen) atoms. The predicted molar refractivity (Wildman–Crippen MR) is 104 cm³/mol. The summed E-state index contributed by atoms with van der Waals surface area (Å²) in [7, 11) is -3.31. The zero-order valence-electron chi connectivity index (χ0n) is 14.4. The molecule has 6 nitrogen and oxygen atoms in total. The van der Waals surface area contributed by atoms with Gasteiger partial charge in [-0.3, -0.25) is 4.79 Å². The molecule has 1 aromatic heterocycles. The fraction of sp³-hybridized carbons (Fsp3) is 0.222. The van der Waals surface area contributed by atoms with Gasteiger partial charge in [0, 0.05) is 17.3 Å². The van der Waals surface area contributed by atoms with Crippen LogP contribution in [0.25, 0.3) is 11.0 Å². The number of nitrogens with zero attached hydrogens (tertiary/aromatic N) is 2. The van der Waals surface area contributed by atoms with Gasteiger partial charge < -0.3 is 9.88 Å². The Hall–Kier alpha value is -2.26. The highest BCUT2D eigenvalue weighted by Gasteiger charge is 2.17. The van der Waals surface area contributed by atoms with Crippen molar-refractivity contribution >= 4 is 42.7 Å². The minimum atomic E-state index is -3.31. The highest BCUT2D eigenvalue weighted by atomic mass is 79.9. The van der Waals surface area contributed by atoms with E-state index in [-0.39, 0.29) is 24.7 Å². The summed E-state index contributed by atoms with van der Waals surface area (Å²) in [6.07, 6.45) is 1.12. The van der Waals surface area contributed by atoms with E-state index in [9.17, 15) is 17.6 Å². The van der Waals surface area contributed by atoms with Crippen molar-refractivity contribution in [3.05, 3.63) is 64.1 Å². The first kappa shape index (κ1) is 19.5. The zero-order valence-corrected chi connectivity index (χ0v) is 16.8. The molecule has 0 aliphatic heterocycles. The van der Waals surface area contributed by atoms with E-state index < -0.39 is 15.7 Å². The maximum Gasteiger partial charge on any atom is 0.240 e. The second kappa shape index (κ2) is 7.77. The van der Waals surface area contributed by atoms with Crippen LogP contribution in [0.3, 0.4) is 0 Å². The van der Waals surface area contributed by atoms with Crippen LogP contribution in [0.4, 0.5) is 4.39 Å². The Kier molecular flexibility index (Phi) is 5.61. The standard InChI is InChI=1S/C18H17BrFN3O3S/c1-27(25,26)11-17-22-15-4-2-3-5-16(15)23(17)10-18(24)21-9-12-6-13(19)8-14(20)7-12/h2-8H,9-11H2,1H3,(H,21,24). The second-order valence-electron chi connectivity index (χ2n) is 6.23. The molecule has 0 radical (unpaired) electrons. The number of amides is 1. The van der Waals surface area contributed by atoms with Gasteiger partial charge >= 0.3 is 0 Å². The molecule has 3 aromatic rings. The van der Waals surface area contributed by atoms with Gasteiger partial charge in [0.1, 0.15) is 23.9 Å². The molecule has 9 heteroatoms. The minimum Gasteiger partial charge on any atom is -0.350 e. The van der Waals surface area contributed by atoms with Gasteiger partial charge in [0.05, 0.1) is 11.0 Å². The number of hydrogen-bond donors (Lipinski definition) is 1. The van der Waals surface area contributed by atoms with Crippen LogP contribution < -0.4 is 5.32 Å². The van der Waals surface area contributed by atoms with Crippen LogP contribution in [0, 0.1) is 5.82 Å². The third-order valence-corrected chi connectivity index (χ3v) is 5.08. The quantitative estimate of drug-likeness (QED) is 0.621. The zero-order chi connectivity index (χ0) is 19.6. The summed E-state index contributed by atoms with van der Waals surface area (Å²) in [5.74, 6) is -0.675. The summed E-state index contributed by atoms with van der Waals surface area (Å²) in [6.45, 7) is 0.0745. The van der Waals surface area contributed by atoms with Gasteiger partial charge in [-0.25, -0.2) is 17.8 Å². The van der Waals surface area contributed by atoms with E-state index in [1.165, 1.54) is 12.1 Å². The van der Waals surface area contributed by atoms with Gasteiger partial charge in [0.15, 0.2) is 9.84 Å². The van der Waals surface area contributed by atoms with Crippen LogP contribution in [0.5, 0.6) is 0 Å². The fourth-order valence-electron chi connectivity index (χ4n) is 2.76. The van der Waals surface area contributed by atoms with Crippen molar-refractivity contribution in [2.45, 2.75) is 18.8 Å². The molecule has 1 N–H and O–H groups in total. The van der Waals surface area contributed by atoms with Crippen molar-refractivity contribution in [1.82, 2.24) is 14.9 Å². The molecule has 0 aliphatic rings. The van der Waals surface area contributed by atoms with Crippen LogP contribution >= 0.6 is 15.9 Å². The third-order valence-electron chi connectivity index (χ3n) is 3.84. The number of imidazole rings is 1. The lowest BCUT2D eigenvalue weighted by molar-refractivity contribution is -0.121. The van der Waals surface area contributed by atoms with Crippen LogP contribution in [0.2, 0.25) is 0 Å². The first-order valence-corrected chi connectivity index (χ1v) is 10.9. The van der Waals surface area contributed by atoms with Crippen molar-refractivity contribution in [3.63, 3.8) is 0 Å². The highest BCUT2D eigenvalue weighted by Crippen LogP contribution is 2.18. The summed E-state index contributed by atoms with van der Waals surface area (Å²) in [4.78, 5) is 16.7. The number of sulfone groups is 1. The number of halogens is 2. The predicted octanol–water partition coefficient (Wildman–Crippen LogP) is 2.80. The van der Waals surface area contributed by atoms with Crippen molar-refractivity contribution in [2.24, 2.45) is 0 Å². The van der Waals surface area contributed by atoms with E-state index in [4.69, 9.17) is 0 Å². The highest BCUT2D eigenvalue weighted by molar-refractivity contribution is 9.10. The average Bonchev–Trinajstić information content (AvgIpc) is 2.88. The maximum atomic E-state index is 13.4. The molecule has 0 saturated heterocycles. The number of carbonyl (C=O) groups excluding carboxylic acids is 1. The van der Waals surface area contributed by atoms with Crippen molar-refractivity contribution in [3.8, 4) is 0 Å². The van der Waals surface area contributed by atoms with Crippen molar-refractivity contribution in [1.29, 1.82) is 0 Å². The first-order valence-electron chi connectivity index (χ1n) is 8.05. The Balaban J connectivity index is 1.80. The maximum absolute atomic E-state index is 13.4. The topological polar surface area (TPSA) is 81.1 Å². The molecule has 2 aromatic carbocycles. The minimum absolute atomic E-state index is 0.0815. The molecule has 0 unspecified atom stereocenters. The molecule has 142 valence electrons. The van der Waals surface area contributed by atoms with E-state index in [2.05, 4.69) is 26.2 Å². The Morgan fingerprint density at radius 1 is 1.26 bits per heavy atom. The molecule has 0 spiro atoms. The molecule has 0 bridgehead atoms. The van der Waals surface area contributed by atoms with E-state index in [0.717, 1.165) is 6.26 Å². The summed E-state index contributed by atoms with van der Waals surface area (Å²) < 4.78 is 39.0. The molecular weight excluding hydrogens is 437 g/mol. The van der Waals surface area contributed by atoms with Gasteiger partial charge in [-0.1, -0.05) is 28.1 Å². The summed E-state index contributed by atoms with van der Waals surface area (Å²) in [6, 6.07) is 11.5.